The Morgan fingerprint density at radius 1 is 0.430 bits per heavy atom. The second kappa shape index (κ2) is 54.7. The highest BCUT2D eigenvalue weighted by Crippen LogP contribution is 2.27. The van der Waals surface area contributed by atoms with Crippen LogP contribution < -0.4 is 0 Å². The molecule has 1 heterocycles. The maximum atomic E-state index is 13.2. The van der Waals surface area contributed by atoms with Gasteiger partial charge in [0.15, 0.2) is 24.6 Å². The average Bonchev–Trinajstić information content (AvgIpc) is 3.43. The fourth-order valence-corrected chi connectivity index (χ4v) is 9.46. The van der Waals surface area contributed by atoms with Crippen molar-refractivity contribution in [3.63, 3.8) is 0 Å². The molecule has 6 unspecified atom stereocenters. The van der Waals surface area contributed by atoms with Crippen LogP contribution in [-0.4, -0.2) is 89.2 Å². The van der Waals surface area contributed by atoms with Crippen LogP contribution in [0.3, 0.4) is 0 Å². The third-order valence-corrected chi connectivity index (χ3v) is 14.3. The molecule has 0 aliphatic carbocycles. The predicted octanol–water partition coefficient (Wildman–Crippen LogP) is 16.9. The highest BCUT2D eigenvalue weighted by Gasteiger charge is 2.50. The van der Waals surface area contributed by atoms with Crippen LogP contribution in [0.5, 0.6) is 0 Å². The van der Waals surface area contributed by atoms with Gasteiger partial charge in [-0.1, -0.05) is 248 Å². The number of esters is 3. The minimum Gasteiger partial charge on any atom is -0.479 e. The lowest BCUT2D eigenvalue weighted by atomic mass is 9.98. The van der Waals surface area contributed by atoms with E-state index < -0.39 is 67.3 Å². The van der Waals surface area contributed by atoms with Gasteiger partial charge in [-0.2, -0.15) is 0 Å². The Morgan fingerprint density at radius 2 is 0.797 bits per heavy atom. The number of hydrogen-bond donors (Lipinski definition) is 3. The van der Waals surface area contributed by atoms with Gasteiger partial charge in [0.05, 0.1) is 6.61 Å². The molecule has 12 heteroatoms. The number of carboxylic acids is 1. The number of allylic oxidation sites excluding steroid dienone is 12. The lowest BCUT2D eigenvalue weighted by Crippen LogP contribution is -2.61. The molecule has 1 rings (SSSR count). The van der Waals surface area contributed by atoms with Crippen molar-refractivity contribution < 1.29 is 58.2 Å². The van der Waals surface area contributed by atoms with Crippen molar-refractivity contribution in [2.75, 3.05) is 13.2 Å². The van der Waals surface area contributed by atoms with Crippen molar-refractivity contribution in [2.45, 2.75) is 314 Å². The van der Waals surface area contributed by atoms with Crippen LogP contribution in [0.15, 0.2) is 72.9 Å². The predicted molar refractivity (Wildman–Crippen MR) is 322 cm³/mol. The number of ether oxygens (including phenoxy) is 5. The van der Waals surface area contributed by atoms with Crippen LogP contribution in [0.4, 0.5) is 0 Å². The molecule has 1 aliphatic heterocycles. The number of hydrogen-bond acceptors (Lipinski definition) is 11. The molecule has 0 aromatic heterocycles. The minimum absolute atomic E-state index is 0.0463. The van der Waals surface area contributed by atoms with Crippen LogP contribution in [-0.2, 0) is 42.9 Å². The third kappa shape index (κ3) is 44.5. The summed E-state index contributed by atoms with van der Waals surface area (Å²) in [6, 6.07) is 0. The van der Waals surface area contributed by atoms with Crippen LogP contribution in [0.25, 0.3) is 0 Å². The first kappa shape index (κ1) is 73.2. The zero-order valence-electron chi connectivity index (χ0n) is 50.1. The number of carbonyl (C=O) groups is 4. The fraction of sp³-hybridized carbons (Fsp3) is 0.761. The first-order valence-electron chi connectivity index (χ1n) is 31.9. The molecular formula is C67H114O12. The molecule has 0 spiro atoms. The number of rotatable bonds is 54. The molecule has 1 aliphatic rings. The molecular weight excluding hydrogens is 997 g/mol. The Morgan fingerprint density at radius 3 is 1.22 bits per heavy atom. The molecule has 0 radical (unpaired) electrons. The number of carboxylic acid groups (broad SMARTS) is 1. The Labute approximate surface area is 480 Å². The lowest BCUT2D eigenvalue weighted by molar-refractivity contribution is -0.301. The number of aliphatic hydroxyl groups is 2. The van der Waals surface area contributed by atoms with Gasteiger partial charge in [-0.15, -0.1) is 0 Å². The van der Waals surface area contributed by atoms with E-state index in [9.17, 15) is 34.5 Å². The van der Waals surface area contributed by atoms with Crippen LogP contribution in [0.2, 0.25) is 0 Å². The monoisotopic (exact) mass is 1110 g/mol. The summed E-state index contributed by atoms with van der Waals surface area (Å²) in [5, 5.41) is 31.6. The van der Waals surface area contributed by atoms with Crippen LogP contribution in [0, 0.1) is 0 Å². The number of aliphatic carboxylic acids is 1. The Kier molecular flexibility index (Phi) is 50.7. The molecule has 1 saturated heterocycles. The molecule has 454 valence electrons. The van der Waals surface area contributed by atoms with Crippen molar-refractivity contribution in [3.05, 3.63) is 72.9 Å². The standard InChI is InChI=1S/C67H114O12/c1-4-7-10-13-16-19-22-25-28-30-33-35-38-41-44-47-50-53-59(68)75-56-58(77-60(69)54-51-48-45-42-39-36-32-27-24-21-18-15-12-9-6-3)57-76-67-65(63(72)62(71)64(79-67)66(73)74)78-61(70)55-52-49-46-43-40-37-34-31-29-26-23-20-17-14-11-8-5-2/h8-9,11-12,17-18,20-21,26-27,29,32,58,62-65,67,71-72H,4-7,10,13-16,19,22-25,28,30-31,33-57H2,1-3H3,(H,73,74)/b11-8-,12-9-,20-17-,21-18-,29-26-,32-27-. The van der Waals surface area contributed by atoms with E-state index in [1.807, 2.05) is 0 Å². The summed E-state index contributed by atoms with van der Waals surface area (Å²) in [6.45, 7) is 5.79. The highest BCUT2D eigenvalue weighted by molar-refractivity contribution is 5.74. The molecule has 0 saturated carbocycles. The number of aliphatic hydroxyl groups excluding tert-OH is 2. The van der Waals surface area contributed by atoms with E-state index in [0.717, 1.165) is 135 Å². The maximum absolute atomic E-state index is 13.2. The summed E-state index contributed by atoms with van der Waals surface area (Å²) < 4.78 is 28.5. The van der Waals surface area contributed by atoms with Crippen molar-refractivity contribution in [1.82, 2.24) is 0 Å². The molecule has 3 N–H and O–H groups in total. The molecule has 6 atom stereocenters. The van der Waals surface area contributed by atoms with E-state index in [0.29, 0.717) is 19.3 Å². The van der Waals surface area contributed by atoms with E-state index in [1.165, 1.54) is 83.5 Å². The van der Waals surface area contributed by atoms with E-state index in [-0.39, 0.29) is 25.9 Å². The van der Waals surface area contributed by atoms with Crippen LogP contribution >= 0.6 is 0 Å². The summed E-state index contributed by atoms with van der Waals surface area (Å²) in [7, 11) is 0. The molecule has 1 fully saturated rings. The fourth-order valence-electron chi connectivity index (χ4n) is 9.46. The zero-order valence-corrected chi connectivity index (χ0v) is 50.1. The molecule has 0 aromatic rings. The van der Waals surface area contributed by atoms with Gasteiger partial charge < -0.3 is 39.0 Å². The van der Waals surface area contributed by atoms with Gasteiger partial charge in [-0.25, -0.2) is 4.79 Å². The van der Waals surface area contributed by atoms with Gasteiger partial charge in [0.1, 0.15) is 18.8 Å². The number of carbonyl (C=O) groups excluding carboxylic acids is 3. The van der Waals surface area contributed by atoms with Crippen molar-refractivity contribution >= 4 is 23.9 Å². The first-order valence-corrected chi connectivity index (χ1v) is 31.9. The zero-order chi connectivity index (χ0) is 57.5. The van der Waals surface area contributed by atoms with Crippen molar-refractivity contribution in [3.8, 4) is 0 Å². The second-order valence-electron chi connectivity index (χ2n) is 21.6. The second-order valence-corrected chi connectivity index (χ2v) is 21.6. The van der Waals surface area contributed by atoms with Gasteiger partial charge in [-0.3, -0.25) is 14.4 Å². The van der Waals surface area contributed by atoms with Gasteiger partial charge in [0.2, 0.25) is 0 Å². The third-order valence-electron chi connectivity index (χ3n) is 14.3. The van der Waals surface area contributed by atoms with E-state index >= 15 is 0 Å². The normalized spacial score (nSPS) is 18.3. The summed E-state index contributed by atoms with van der Waals surface area (Å²) in [6.07, 6.45) is 57.2. The summed E-state index contributed by atoms with van der Waals surface area (Å²) in [5.74, 6) is -3.14. The Balaban J connectivity index is 2.67. The van der Waals surface area contributed by atoms with Gasteiger partial charge in [0.25, 0.3) is 0 Å². The molecule has 0 amide bonds. The molecule has 12 nitrogen and oxygen atoms in total. The minimum atomic E-state index is -1.91. The van der Waals surface area contributed by atoms with E-state index in [1.54, 1.807) is 0 Å². The van der Waals surface area contributed by atoms with Gasteiger partial charge in [0, 0.05) is 19.3 Å². The van der Waals surface area contributed by atoms with E-state index in [4.69, 9.17) is 23.7 Å². The Hall–Kier alpha value is -3.84. The molecule has 0 aromatic carbocycles. The van der Waals surface area contributed by atoms with E-state index in [2.05, 4.69) is 93.7 Å². The van der Waals surface area contributed by atoms with Gasteiger partial charge in [-0.05, 0) is 83.5 Å². The summed E-state index contributed by atoms with van der Waals surface area (Å²) >= 11 is 0. The van der Waals surface area contributed by atoms with Crippen molar-refractivity contribution in [1.29, 1.82) is 0 Å². The van der Waals surface area contributed by atoms with Gasteiger partial charge >= 0.3 is 23.9 Å². The smallest absolute Gasteiger partial charge is 0.335 e. The topological polar surface area (TPSA) is 175 Å². The quantitative estimate of drug-likeness (QED) is 0.0228. The molecule has 0 bridgehead atoms. The maximum Gasteiger partial charge on any atom is 0.335 e. The first-order chi connectivity index (χ1) is 38.6. The average molecular weight is 1110 g/mol. The largest absolute Gasteiger partial charge is 0.479 e. The molecule has 79 heavy (non-hydrogen) atoms. The van der Waals surface area contributed by atoms with Crippen molar-refractivity contribution in [2.24, 2.45) is 0 Å². The lowest BCUT2D eigenvalue weighted by Gasteiger charge is -2.40. The Bertz CT molecular complexity index is 1650. The summed E-state index contributed by atoms with van der Waals surface area (Å²) in [4.78, 5) is 51.3. The SMILES string of the molecule is CC/C=C\C/C=C\C/C=C\CCCCCCCCCC(=O)OC1C(OCC(COC(=O)CCCCCCCCCCCCCCCCCCC)OC(=O)CCCCCCC/C=C\C/C=C\C/C=C\CC)OC(C(=O)O)C(O)C1O. The highest BCUT2D eigenvalue weighted by atomic mass is 16.7. The number of unbranched alkanes of at least 4 members (excludes halogenated alkanes) is 28. The summed E-state index contributed by atoms with van der Waals surface area (Å²) in [5.41, 5.74) is 0. The van der Waals surface area contributed by atoms with Crippen LogP contribution in [0.1, 0.15) is 278 Å².